The predicted octanol–water partition coefficient (Wildman–Crippen LogP) is 1.96. The molecule has 8 heteroatoms. The second-order valence-electron chi connectivity index (χ2n) is 8.27. The summed E-state index contributed by atoms with van der Waals surface area (Å²) in [4.78, 5) is 18.0. The molecule has 2 rings (SSSR count). The molecule has 0 aromatic carbocycles. The van der Waals surface area contributed by atoms with Gasteiger partial charge in [0, 0.05) is 25.8 Å². The van der Waals surface area contributed by atoms with Crippen LogP contribution >= 0.6 is 0 Å². The number of anilines is 1. The first-order valence-electron chi connectivity index (χ1n) is 8.77. The summed E-state index contributed by atoms with van der Waals surface area (Å²) in [5.74, 6) is -0.188. The molecule has 1 fully saturated rings. The van der Waals surface area contributed by atoms with Gasteiger partial charge in [-0.15, -0.1) is 0 Å². The number of carbonyl (C=O) groups is 1. The van der Waals surface area contributed by atoms with Crippen molar-refractivity contribution in [1.29, 1.82) is 5.26 Å². The van der Waals surface area contributed by atoms with Gasteiger partial charge in [-0.1, -0.05) is 20.8 Å². The zero-order valence-electron chi connectivity index (χ0n) is 16.1. The lowest BCUT2D eigenvalue weighted by Crippen LogP contribution is -2.59. The van der Waals surface area contributed by atoms with Gasteiger partial charge < -0.3 is 14.8 Å². The van der Waals surface area contributed by atoms with E-state index in [1.807, 2.05) is 11.0 Å². The molecule has 1 aromatic heterocycles. The molecule has 1 aliphatic rings. The number of pyridine rings is 1. The Labute approximate surface area is 156 Å². The number of aliphatic hydroxyl groups is 1. The molecule has 0 radical (unpaired) electrons. The Morgan fingerprint density at radius 1 is 1.50 bits per heavy atom. The Balaban J connectivity index is 1.76. The van der Waals surface area contributed by atoms with Gasteiger partial charge >= 0.3 is 0 Å². The summed E-state index contributed by atoms with van der Waals surface area (Å²) in [6.07, 6.45) is 0.410. The van der Waals surface area contributed by atoms with Crippen LogP contribution in [0.5, 0.6) is 0 Å². The Morgan fingerprint density at radius 2 is 2.15 bits per heavy atom. The van der Waals surface area contributed by atoms with E-state index in [4.69, 9.17) is 9.69 Å². The van der Waals surface area contributed by atoms with Crippen LogP contribution in [-0.4, -0.2) is 61.1 Å². The maximum Gasteiger partial charge on any atom is 0.255 e. The van der Waals surface area contributed by atoms with E-state index in [1.165, 1.54) is 12.3 Å². The molecule has 0 unspecified atom stereocenters. The van der Waals surface area contributed by atoms with Crippen LogP contribution in [-0.2, 0) is 9.22 Å². The Morgan fingerprint density at radius 3 is 2.65 bits per heavy atom. The van der Waals surface area contributed by atoms with Crippen molar-refractivity contribution in [2.45, 2.75) is 51.1 Å². The lowest BCUT2D eigenvalue weighted by atomic mass is 10.1. The third-order valence-electron chi connectivity index (χ3n) is 5.07. The van der Waals surface area contributed by atoms with Crippen molar-refractivity contribution in [3.63, 3.8) is 0 Å². The first-order valence-corrected chi connectivity index (χ1v) is 11.7. The highest BCUT2D eigenvalue weighted by molar-refractivity contribution is 6.74. The first kappa shape index (κ1) is 20.5. The summed E-state index contributed by atoms with van der Waals surface area (Å²) in [5.41, 5.74) is 0.414. The van der Waals surface area contributed by atoms with E-state index < -0.39 is 20.3 Å². The largest absolute Gasteiger partial charge is 0.411 e. The number of aliphatic hydroxyl groups excluding tert-OH is 1. The molecule has 2 heterocycles. The predicted molar refractivity (Wildman–Crippen MR) is 102 cm³/mol. The molecule has 0 saturated carbocycles. The fourth-order valence-corrected chi connectivity index (χ4v) is 3.75. The fraction of sp³-hybridized carbons (Fsp3) is 0.611. The molecular formula is C18H28N4O3Si. The number of carbonyl (C=O) groups excluding carboxylic acids is 1. The molecule has 1 saturated heterocycles. The monoisotopic (exact) mass is 376 g/mol. The highest BCUT2D eigenvalue weighted by Gasteiger charge is 2.42. The van der Waals surface area contributed by atoms with Crippen LogP contribution in [0.3, 0.4) is 0 Å². The van der Waals surface area contributed by atoms with Crippen LogP contribution in [0.4, 0.5) is 5.82 Å². The molecular weight excluding hydrogens is 348 g/mol. The summed E-state index contributed by atoms with van der Waals surface area (Å²) in [6, 6.07) is 5.06. The van der Waals surface area contributed by atoms with Gasteiger partial charge in [0.1, 0.15) is 18.0 Å². The lowest BCUT2D eigenvalue weighted by Gasteiger charge is -2.46. The third-order valence-corrected chi connectivity index (χ3v) is 9.60. The summed E-state index contributed by atoms with van der Waals surface area (Å²) in [7, 11) is -1.79. The van der Waals surface area contributed by atoms with Crippen molar-refractivity contribution in [2.24, 2.45) is 0 Å². The zero-order valence-corrected chi connectivity index (χ0v) is 17.1. The fourth-order valence-electron chi connectivity index (χ4n) is 2.41. The van der Waals surface area contributed by atoms with Gasteiger partial charge in [0.15, 0.2) is 8.32 Å². The molecule has 1 atom stereocenters. The molecule has 26 heavy (non-hydrogen) atoms. The zero-order chi connectivity index (χ0) is 19.5. The number of nitrogens with zero attached hydrogens (tertiary/aromatic N) is 3. The SMILES string of the molecule is CC(C)(C)[Si](C)(C)OC1CN(C[C@H](O)C(=O)Nc2ccc(C#N)cn2)C1. The quantitative estimate of drug-likeness (QED) is 0.737. The van der Waals surface area contributed by atoms with Crippen LogP contribution in [0.2, 0.25) is 18.1 Å². The van der Waals surface area contributed by atoms with Gasteiger partial charge in [0.2, 0.25) is 0 Å². The van der Waals surface area contributed by atoms with Crippen LogP contribution in [0.1, 0.15) is 26.3 Å². The summed E-state index contributed by atoms with van der Waals surface area (Å²) >= 11 is 0. The van der Waals surface area contributed by atoms with Gasteiger partial charge in [0.25, 0.3) is 5.91 Å². The number of hydrogen-bond donors (Lipinski definition) is 2. The lowest BCUT2D eigenvalue weighted by molar-refractivity contribution is -0.126. The van der Waals surface area contributed by atoms with Gasteiger partial charge in [0.05, 0.1) is 11.7 Å². The van der Waals surface area contributed by atoms with E-state index in [2.05, 4.69) is 44.2 Å². The number of hydrogen-bond acceptors (Lipinski definition) is 6. The van der Waals surface area contributed by atoms with E-state index >= 15 is 0 Å². The van der Waals surface area contributed by atoms with Crippen molar-refractivity contribution >= 4 is 20.0 Å². The molecule has 0 bridgehead atoms. The van der Waals surface area contributed by atoms with Crippen molar-refractivity contribution in [3.8, 4) is 6.07 Å². The normalized spacial score (nSPS) is 17.3. The van der Waals surface area contributed by atoms with Gasteiger partial charge in [-0.2, -0.15) is 5.26 Å². The maximum atomic E-state index is 12.1. The minimum absolute atomic E-state index is 0.168. The summed E-state index contributed by atoms with van der Waals surface area (Å²) < 4.78 is 6.31. The molecule has 0 spiro atoms. The van der Waals surface area contributed by atoms with Gasteiger partial charge in [-0.05, 0) is 30.3 Å². The van der Waals surface area contributed by atoms with Crippen molar-refractivity contribution < 1.29 is 14.3 Å². The van der Waals surface area contributed by atoms with Crippen molar-refractivity contribution in [2.75, 3.05) is 25.0 Å². The molecule has 1 aliphatic heterocycles. The van der Waals surface area contributed by atoms with E-state index in [-0.39, 0.29) is 17.7 Å². The molecule has 7 nitrogen and oxygen atoms in total. The smallest absolute Gasteiger partial charge is 0.255 e. The minimum atomic E-state index is -1.79. The number of aromatic nitrogens is 1. The molecule has 1 amide bonds. The van der Waals surface area contributed by atoms with Crippen LogP contribution in [0, 0.1) is 11.3 Å². The number of β-amino-alcohol motifs (C(OH)–C–C–N with tert-alkyl or cyclic N) is 1. The number of likely N-dealkylation sites (tertiary alicyclic amines) is 1. The maximum absolute atomic E-state index is 12.1. The second kappa shape index (κ2) is 7.84. The van der Waals surface area contributed by atoms with Crippen LogP contribution in [0.25, 0.3) is 0 Å². The molecule has 1 aromatic rings. The number of nitrogens with one attached hydrogen (secondary N) is 1. The molecule has 142 valence electrons. The van der Waals surface area contributed by atoms with Crippen LogP contribution in [0.15, 0.2) is 18.3 Å². The van der Waals surface area contributed by atoms with E-state index in [0.717, 1.165) is 13.1 Å². The molecule has 0 aliphatic carbocycles. The Hall–Kier alpha value is -1.79. The highest BCUT2D eigenvalue weighted by Crippen LogP contribution is 2.38. The average Bonchev–Trinajstić information content (AvgIpc) is 2.52. The van der Waals surface area contributed by atoms with E-state index in [9.17, 15) is 9.90 Å². The Kier molecular flexibility index (Phi) is 6.19. The Bertz CT molecular complexity index is 673. The highest BCUT2D eigenvalue weighted by atomic mass is 28.4. The number of rotatable bonds is 6. The second-order valence-corrected chi connectivity index (χ2v) is 13.0. The third kappa shape index (κ3) is 5.11. The standard InChI is InChI=1S/C18H28N4O3Si/c1-18(2,3)26(4,5)25-14-10-22(11-14)12-15(23)17(24)21-16-7-6-13(8-19)9-20-16/h6-7,9,14-15,23H,10-12H2,1-5H3,(H,20,21,24)/t15-/m0/s1. The topological polar surface area (TPSA) is 98.5 Å². The van der Waals surface area contributed by atoms with E-state index in [0.29, 0.717) is 11.4 Å². The van der Waals surface area contributed by atoms with Gasteiger partial charge in [-0.25, -0.2) is 4.98 Å². The summed E-state index contributed by atoms with van der Waals surface area (Å²) in [6.45, 7) is 12.8. The summed E-state index contributed by atoms with van der Waals surface area (Å²) in [5, 5.41) is 21.6. The average molecular weight is 377 g/mol. The van der Waals surface area contributed by atoms with Crippen molar-refractivity contribution in [3.05, 3.63) is 23.9 Å². The van der Waals surface area contributed by atoms with Gasteiger partial charge in [-0.3, -0.25) is 9.69 Å². The van der Waals surface area contributed by atoms with E-state index in [1.54, 1.807) is 6.07 Å². The minimum Gasteiger partial charge on any atom is -0.411 e. The molecule has 2 N–H and O–H groups in total. The van der Waals surface area contributed by atoms with Crippen LogP contribution < -0.4 is 5.32 Å². The van der Waals surface area contributed by atoms with Crippen molar-refractivity contribution in [1.82, 2.24) is 9.88 Å². The first-order chi connectivity index (χ1) is 12.0. The number of nitriles is 1. The number of amides is 1.